The largest absolute Gasteiger partial charge is 0.497 e. The minimum absolute atomic E-state index is 0. The average Bonchev–Trinajstić information content (AvgIpc) is 2.75. The SMILES string of the molecule is COc1ccc(CN2CCC(CN=C(N)Nc3ccc(OC(C)C)cc3)CC2)cc1.I. The van der Waals surface area contributed by atoms with Crippen LogP contribution in [0.2, 0.25) is 0 Å². The number of guanidine groups is 1. The second-order valence-corrected chi connectivity index (χ2v) is 8.11. The van der Waals surface area contributed by atoms with Gasteiger partial charge in [-0.05, 0) is 87.7 Å². The number of methoxy groups -OCH3 is 1. The molecule has 2 aromatic rings. The van der Waals surface area contributed by atoms with Gasteiger partial charge in [0.25, 0.3) is 0 Å². The third-order valence-electron chi connectivity index (χ3n) is 5.29. The zero-order valence-corrected chi connectivity index (χ0v) is 21.0. The lowest BCUT2D eigenvalue weighted by Crippen LogP contribution is -2.34. The Morgan fingerprint density at radius 1 is 1.06 bits per heavy atom. The summed E-state index contributed by atoms with van der Waals surface area (Å²) in [6.45, 7) is 7.97. The van der Waals surface area contributed by atoms with Crippen LogP contribution in [-0.4, -0.2) is 43.7 Å². The molecule has 0 radical (unpaired) electrons. The van der Waals surface area contributed by atoms with Gasteiger partial charge < -0.3 is 20.5 Å². The molecule has 170 valence electrons. The molecule has 0 spiro atoms. The summed E-state index contributed by atoms with van der Waals surface area (Å²) in [4.78, 5) is 7.07. The first kappa shape index (κ1) is 25.3. The number of ether oxygens (including phenoxy) is 2. The van der Waals surface area contributed by atoms with Gasteiger partial charge in [0.15, 0.2) is 5.96 Å². The standard InChI is InChI=1S/C24H34N4O2.HI/c1-18(2)30-23-10-6-21(7-11-23)27-24(25)26-16-19-12-14-28(15-13-19)17-20-4-8-22(29-3)9-5-20;/h4-11,18-19H,12-17H2,1-3H3,(H3,25,26,27);1H. The second kappa shape index (κ2) is 12.8. The van der Waals surface area contributed by atoms with Crippen LogP contribution in [0.1, 0.15) is 32.3 Å². The predicted molar refractivity (Wildman–Crippen MR) is 139 cm³/mol. The van der Waals surface area contributed by atoms with Crippen molar-refractivity contribution in [1.29, 1.82) is 0 Å². The highest BCUT2D eigenvalue weighted by molar-refractivity contribution is 14.0. The summed E-state index contributed by atoms with van der Waals surface area (Å²) in [5, 5.41) is 3.16. The van der Waals surface area contributed by atoms with Crippen LogP contribution in [0.15, 0.2) is 53.5 Å². The second-order valence-electron chi connectivity index (χ2n) is 8.11. The number of rotatable bonds is 8. The number of nitrogens with two attached hydrogens (primary N) is 1. The first-order valence-corrected chi connectivity index (χ1v) is 10.7. The van der Waals surface area contributed by atoms with E-state index >= 15 is 0 Å². The molecule has 1 heterocycles. The van der Waals surface area contributed by atoms with Crippen LogP contribution in [-0.2, 0) is 6.54 Å². The summed E-state index contributed by atoms with van der Waals surface area (Å²) in [6, 6.07) is 16.1. The molecular formula is C24H35IN4O2. The molecule has 2 aromatic carbocycles. The normalized spacial score (nSPS) is 15.4. The molecule has 7 heteroatoms. The Kier molecular flexibility index (Phi) is 10.4. The number of halogens is 1. The Morgan fingerprint density at radius 3 is 2.26 bits per heavy atom. The summed E-state index contributed by atoms with van der Waals surface area (Å²) in [5.74, 6) is 2.81. The van der Waals surface area contributed by atoms with Crippen molar-refractivity contribution in [2.75, 3.05) is 32.1 Å². The predicted octanol–water partition coefficient (Wildman–Crippen LogP) is 4.74. The van der Waals surface area contributed by atoms with Gasteiger partial charge in [0.2, 0.25) is 0 Å². The Bertz CT molecular complexity index is 801. The maximum atomic E-state index is 6.08. The molecule has 1 aliphatic rings. The zero-order chi connectivity index (χ0) is 21.3. The molecule has 0 aromatic heterocycles. The Morgan fingerprint density at radius 2 is 1.68 bits per heavy atom. The lowest BCUT2D eigenvalue weighted by atomic mass is 9.96. The van der Waals surface area contributed by atoms with Crippen LogP contribution < -0.4 is 20.5 Å². The third-order valence-corrected chi connectivity index (χ3v) is 5.29. The summed E-state index contributed by atoms with van der Waals surface area (Å²) < 4.78 is 10.9. The smallest absolute Gasteiger partial charge is 0.193 e. The van der Waals surface area contributed by atoms with Gasteiger partial charge in [-0.1, -0.05) is 12.1 Å². The lowest BCUT2D eigenvalue weighted by molar-refractivity contribution is 0.180. The highest BCUT2D eigenvalue weighted by Crippen LogP contribution is 2.21. The van der Waals surface area contributed by atoms with Crippen molar-refractivity contribution in [3.8, 4) is 11.5 Å². The molecule has 0 saturated carbocycles. The minimum Gasteiger partial charge on any atom is -0.497 e. The van der Waals surface area contributed by atoms with Gasteiger partial charge in [-0.15, -0.1) is 24.0 Å². The van der Waals surface area contributed by atoms with Gasteiger partial charge in [0.05, 0.1) is 13.2 Å². The summed E-state index contributed by atoms with van der Waals surface area (Å²) >= 11 is 0. The quantitative estimate of drug-likeness (QED) is 0.289. The molecule has 0 bridgehead atoms. The maximum Gasteiger partial charge on any atom is 0.193 e. The van der Waals surface area contributed by atoms with E-state index in [0.29, 0.717) is 11.9 Å². The Balaban J connectivity index is 0.00000341. The minimum atomic E-state index is 0. The lowest BCUT2D eigenvalue weighted by Gasteiger charge is -2.31. The van der Waals surface area contributed by atoms with Gasteiger partial charge in [0.1, 0.15) is 11.5 Å². The fourth-order valence-corrected chi connectivity index (χ4v) is 3.62. The molecule has 1 saturated heterocycles. The number of piperidine rings is 1. The van der Waals surface area contributed by atoms with Crippen LogP contribution in [0.5, 0.6) is 11.5 Å². The van der Waals surface area contributed by atoms with E-state index in [1.807, 2.05) is 50.2 Å². The molecule has 3 rings (SSSR count). The van der Waals surface area contributed by atoms with Crippen LogP contribution >= 0.6 is 24.0 Å². The highest BCUT2D eigenvalue weighted by Gasteiger charge is 2.19. The molecule has 1 aliphatic heterocycles. The maximum absolute atomic E-state index is 6.08. The molecule has 31 heavy (non-hydrogen) atoms. The van der Waals surface area contributed by atoms with Crippen LogP contribution in [0.3, 0.4) is 0 Å². The topological polar surface area (TPSA) is 72.1 Å². The summed E-state index contributed by atoms with van der Waals surface area (Å²) in [5.41, 5.74) is 8.32. The van der Waals surface area contributed by atoms with E-state index in [2.05, 4.69) is 27.3 Å². The van der Waals surface area contributed by atoms with Crippen molar-refractivity contribution in [1.82, 2.24) is 4.90 Å². The molecular weight excluding hydrogens is 503 g/mol. The number of hydrogen-bond acceptors (Lipinski definition) is 4. The Labute approximate surface area is 203 Å². The zero-order valence-electron chi connectivity index (χ0n) is 18.7. The van der Waals surface area contributed by atoms with Gasteiger partial charge in [-0.3, -0.25) is 9.89 Å². The molecule has 6 nitrogen and oxygen atoms in total. The van der Waals surface area contributed by atoms with E-state index in [9.17, 15) is 0 Å². The van der Waals surface area contributed by atoms with Crippen molar-refractivity contribution in [2.45, 2.75) is 39.3 Å². The summed E-state index contributed by atoms with van der Waals surface area (Å²) in [6.07, 6.45) is 2.46. The number of anilines is 1. The van der Waals surface area contributed by atoms with E-state index in [0.717, 1.165) is 56.2 Å². The number of nitrogens with zero attached hydrogens (tertiary/aromatic N) is 2. The molecule has 0 atom stereocenters. The number of nitrogens with one attached hydrogen (secondary N) is 1. The van der Waals surface area contributed by atoms with E-state index in [-0.39, 0.29) is 30.1 Å². The number of aliphatic imine (C=N–C) groups is 1. The molecule has 0 aliphatic carbocycles. The van der Waals surface area contributed by atoms with Gasteiger partial charge in [0, 0.05) is 18.8 Å². The van der Waals surface area contributed by atoms with Crippen molar-refractivity contribution < 1.29 is 9.47 Å². The third kappa shape index (κ3) is 8.57. The molecule has 3 N–H and O–H groups in total. The molecule has 0 amide bonds. The van der Waals surface area contributed by atoms with Gasteiger partial charge >= 0.3 is 0 Å². The molecule has 0 unspecified atom stereocenters. The van der Waals surface area contributed by atoms with Crippen molar-refractivity contribution in [3.05, 3.63) is 54.1 Å². The van der Waals surface area contributed by atoms with E-state index in [1.165, 1.54) is 5.56 Å². The van der Waals surface area contributed by atoms with Gasteiger partial charge in [-0.25, -0.2) is 0 Å². The van der Waals surface area contributed by atoms with Crippen LogP contribution in [0.4, 0.5) is 5.69 Å². The van der Waals surface area contributed by atoms with Crippen molar-refractivity contribution in [3.63, 3.8) is 0 Å². The van der Waals surface area contributed by atoms with Crippen LogP contribution in [0.25, 0.3) is 0 Å². The first-order chi connectivity index (χ1) is 14.5. The van der Waals surface area contributed by atoms with Crippen molar-refractivity contribution in [2.24, 2.45) is 16.6 Å². The highest BCUT2D eigenvalue weighted by atomic mass is 127. The summed E-state index contributed by atoms with van der Waals surface area (Å²) in [7, 11) is 1.70. The van der Waals surface area contributed by atoms with Crippen molar-refractivity contribution >= 4 is 35.6 Å². The number of benzene rings is 2. The van der Waals surface area contributed by atoms with E-state index in [4.69, 9.17) is 15.2 Å². The van der Waals surface area contributed by atoms with Crippen LogP contribution in [0, 0.1) is 5.92 Å². The monoisotopic (exact) mass is 538 g/mol. The van der Waals surface area contributed by atoms with E-state index in [1.54, 1.807) is 7.11 Å². The first-order valence-electron chi connectivity index (χ1n) is 10.7. The average molecular weight is 538 g/mol. The van der Waals surface area contributed by atoms with E-state index < -0.39 is 0 Å². The fourth-order valence-electron chi connectivity index (χ4n) is 3.62. The number of hydrogen-bond donors (Lipinski definition) is 2. The Hall–Kier alpha value is -2.00. The number of likely N-dealkylation sites (tertiary alicyclic amines) is 1. The van der Waals surface area contributed by atoms with Gasteiger partial charge in [-0.2, -0.15) is 0 Å². The molecule has 1 fully saturated rings. The fraction of sp³-hybridized carbons (Fsp3) is 0.458.